The van der Waals surface area contributed by atoms with Crippen LogP contribution in [0, 0.1) is 10.1 Å². The number of nitro groups is 1. The molecule has 0 bridgehead atoms. The van der Waals surface area contributed by atoms with E-state index in [2.05, 4.69) is 10.1 Å². The number of esters is 1. The molecule has 2 aromatic heterocycles. The van der Waals surface area contributed by atoms with Gasteiger partial charge in [-0.05, 0) is 6.07 Å². The molecule has 0 aliphatic heterocycles. The third kappa shape index (κ3) is 4.11. The first-order valence-electron chi connectivity index (χ1n) is 7.91. The highest BCUT2D eigenvalue weighted by Gasteiger charge is 2.19. The van der Waals surface area contributed by atoms with Crippen LogP contribution in [0.1, 0.15) is 16.1 Å². The Balaban J connectivity index is 1.75. The molecule has 3 aromatic rings. The van der Waals surface area contributed by atoms with Crippen LogP contribution < -0.4 is 4.90 Å². The highest BCUT2D eigenvalue weighted by atomic mass is 32.1. The van der Waals surface area contributed by atoms with Crippen molar-refractivity contribution in [1.82, 2.24) is 14.8 Å². The molecule has 1 aromatic carbocycles. The third-order valence-electron chi connectivity index (χ3n) is 3.75. The predicted octanol–water partition coefficient (Wildman–Crippen LogP) is 2.87. The quantitative estimate of drug-likeness (QED) is 0.364. The average molecular weight is 387 g/mol. The van der Waals surface area contributed by atoms with Crippen molar-refractivity contribution in [3.8, 4) is 10.6 Å². The van der Waals surface area contributed by atoms with E-state index in [1.807, 2.05) is 13.2 Å². The van der Waals surface area contributed by atoms with Crippen LogP contribution in [0.15, 0.2) is 36.0 Å². The molecule has 0 atom stereocenters. The van der Waals surface area contributed by atoms with Crippen molar-refractivity contribution in [2.45, 2.75) is 6.61 Å². The van der Waals surface area contributed by atoms with E-state index in [1.54, 1.807) is 35.3 Å². The van der Waals surface area contributed by atoms with E-state index in [9.17, 15) is 14.9 Å². The van der Waals surface area contributed by atoms with Gasteiger partial charge in [-0.1, -0.05) is 0 Å². The number of nitro benzene ring substituents is 1. The van der Waals surface area contributed by atoms with Crippen LogP contribution in [0.3, 0.4) is 0 Å². The molecule has 0 saturated heterocycles. The van der Waals surface area contributed by atoms with Gasteiger partial charge in [-0.25, -0.2) is 9.78 Å². The van der Waals surface area contributed by atoms with E-state index in [0.29, 0.717) is 11.4 Å². The van der Waals surface area contributed by atoms with Gasteiger partial charge in [-0.3, -0.25) is 14.8 Å². The Kier molecular flexibility index (Phi) is 5.17. The summed E-state index contributed by atoms with van der Waals surface area (Å²) in [5.41, 5.74) is 2.00. The van der Waals surface area contributed by atoms with Crippen LogP contribution >= 0.6 is 11.3 Å². The first kappa shape index (κ1) is 18.5. The summed E-state index contributed by atoms with van der Waals surface area (Å²) in [7, 11) is 5.32. The summed E-state index contributed by atoms with van der Waals surface area (Å²) < 4.78 is 7.01. The largest absolute Gasteiger partial charge is 0.455 e. The fraction of sp³-hybridized carbons (Fsp3) is 0.235. The van der Waals surface area contributed by atoms with Gasteiger partial charge < -0.3 is 9.64 Å². The van der Waals surface area contributed by atoms with Crippen molar-refractivity contribution in [3.63, 3.8) is 0 Å². The molecule has 3 rings (SSSR count). The molecule has 140 valence electrons. The van der Waals surface area contributed by atoms with E-state index in [-0.39, 0.29) is 17.9 Å². The van der Waals surface area contributed by atoms with Crippen molar-refractivity contribution in [3.05, 3.63) is 57.3 Å². The molecule has 0 aliphatic carbocycles. The predicted molar refractivity (Wildman–Crippen MR) is 101 cm³/mol. The molecule has 0 aliphatic rings. The van der Waals surface area contributed by atoms with Gasteiger partial charge in [-0.15, -0.1) is 11.3 Å². The zero-order valence-corrected chi connectivity index (χ0v) is 15.8. The number of benzene rings is 1. The first-order chi connectivity index (χ1) is 12.8. The van der Waals surface area contributed by atoms with Gasteiger partial charge in [0.1, 0.15) is 11.6 Å². The Hall–Kier alpha value is -3.27. The number of thiazole rings is 1. The molecular formula is C17H17N5O4S. The summed E-state index contributed by atoms with van der Waals surface area (Å²) in [5.74, 6) is -0.640. The lowest BCUT2D eigenvalue weighted by molar-refractivity contribution is -0.384. The van der Waals surface area contributed by atoms with Crippen molar-refractivity contribution >= 4 is 28.7 Å². The maximum absolute atomic E-state index is 12.5. The molecule has 0 N–H and O–H groups in total. The van der Waals surface area contributed by atoms with Gasteiger partial charge in [0.05, 0.1) is 28.1 Å². The SMILES string of the molecule is CN(C)c1ccc([N+](=O)[O-])cc1C(=O)OCc1csc(-c2cnn(C)c2)n1. The minimum Gasteiger partial charge on any atom is -0.455 e. The Morgan fingerprint density at radius 2 is 2.19 bits per heavy atom. The molecule has 0 radical (unpaired) electrons. The van der Waals surface area contributed by atoms with E-state index in [0.717, 1.165) is 10.6 Å². The number of carbonyl (C=O) groups is 1. The lowest BCUT2D eigenvalue weighted by Crippen LogP contribution is -2.16. The molecule has 27 heavy (non-hydrogen) atoms. The van der Waals surface area contributed by atoms with Gasteiger partial charge >= 0.3 is 5.97 Å². The Labute approximate surface area is 159 Å². The summed E-state index contributed by atoms with van der Waals surface area (Å²) in [5, 5.41) is 17.7. The maximum atomic E-state index is 12.5. The Bertz CT molecular complexity index is 995. The zero-order valence-electron chi connectivity index (χ0n) is 14.9. The third-order valence-corrected chi connectivity index (χ3v) is 4.69. The summed E-state index contributed by atoms with van der Waals surface area (Å²) in [6.45, 7) is -0.0227. The fourth-order valence-corrected chi connectivity index (χ4v) is 3.23. The summed E-state index contributed by atoms with van der Waals surface area (Å²) in [6, 6.07) is 4.10. The van der Waals surface area contributed by atoms with Crippen LogP contribution in [0.4, 0.5) is 11.4 Å². The van der Waals surface area contributed by atoms with Gasteiger partial charge in [0, 0.05) is 50.4 Å². The topological polar surface area (TPSA) is 103 Å². The number of carbonyl (C=O) groups excluding carboxylic acids is 1. The van der Waals surface area contributed by atoms with Crippen molar-refractivity contribution in [2.75, 3.05) is 19.0 Å². The highest BCUT2D eigenvalue weighted by molar-refractivity contribution is 7.13. The second-order valence-electron chi connectivity index (χ2n) is 5.98. The number of hydrogen-bond donors (Lipinski definition) is 0. The number of anilines is 1. The highest BCUT2D eigenvalue weighted by Crippen LogP contribution is 2.26. The minimum atomic E-state index is -0.640. The Morgan fingerprint density at radius 3 is 2.81 bits per heavy atom. The van der Waals surface area contributed by atoms with Crippen LogP contribution in [-0.4, -0.2) is 39.8 Å². The van der Waals surface area contributed by atoms with E-state index < -0.39 is 10.9 Å². The van der Waals surface area contributed by atoms with Crippen molar-refractivity contribution < 1.29 is 14.5 Å². The molecule has 0 amide bonds. The van der Waals surface area contributed by atoms with Crippen LogP contribution in [0.25, 0.3) is 10.6 Å². The van der Waals surface area contributed by atoms with E-state index in [1.165, 1.54) is 29.5 Å². The molecule has 0 unspecified atom stereocenters. The van der Waals surface area contributed by atoms with E-state index in [4.69, 9.17) is 4.74 Å². The molecule has 2 heterocycles. The Morgan fingerprint density at radius 1 is 1.41 bits per heavy atom. The molecule has 10 heteroatoms. The molecule has 0 fully saturated rings. The zero-order chi connectivity index (χ0) is 19.6. The minimum absolute atomic E-state index is 0.0227. The fourth-order valence-electron chi connectivity index (χ4n) is 2.45. The van der Waals surface area contributed by atoms with Crippen LogP contribution in [0.2, 0.25) is 0 Å². The van der Waals surface area contributed by atoms with Crippen LogP contribution in [-0.2, 0) is 18.4 Å². The number of non-ortho nitro benzene ring substituents is 1. The number of nitrogens with zero attached hydrogens (tertiary/aromatic N) is 5. The molecular weight excluding hydrogens is 370 g/mol. The van der Waals surface area contributed by atoms with E-state index >= 15 is 0 Å². The van der Waals surface area contributed by atoms with Crippen molar-refractivity contribution in [1.29, 1.82) is 0 Å². The molecule has 0 saturated carbocycles. The molecule has 0 spiro atoms. The average Bonchev–Trinajstić information content (AvgIpc) is 3.27. The lowest BCUT2D eigenvalue weighted by atomic mass is 10.1. The first-order valence-corrected chi connectivity index (χ1v) is 8.79. The summed E-state index contributed by atoms with van der Waals surface area (Å²) in [4.78, 5) is 29.1. The van der Waals surface area contributed by atoms with Gasteiger partial charge in [0.15, 0.2) is 0 Å². The molecule has 9 nitrogen and oxygen atoms in total. The normalized spacial score (nSPS) is 10.6. The number of rotatable bonds is 6. The smallest absolute Gasteiger partial charge is 0.340 e. The van der Waals surface area contributed by atoms with Crippen molar-refractivity contribution in [2.24, 2.45) is 7.05 Å². The van der Waals surface area contributed by atoms with Gasteiger partial charge in [-0.2, -0.15) is 5.10 Å². The lowest BCUT2D eigenvalue weighted by Gasteiger charge is -2.16. The monoisotopic (exact) mass is 387 g/mol. The number of aromatic nitrogens is 3. The second kappa shape index (κ2) is 7.54. The number of hydrogen-bond acceptors (Lipinski definition) is 8. The summed E-state index contributed by atoms with van der Waals surface area (Å²) >= 11 is 1.42. The number of ether oxygens (including phenoxy) is 1. The summed E-state index contributed by atoms with van der Waals surface area (Å²) in [6.07, 6.45) is 3.56. The van der Waals surface area contributed by atoms with Gasteiger partial charge in [0.25, 0.3) is 5.69 Å². The van der Waals surface area contributed by atoms with Gasteiger partial charge in [0.2, 0.25) is 0 Å². The second-order valence-corrected chi connectivity index (χ2v) is 6.83. The maximum Gasteiger partial charge on any atom is 0.340 e. The number of aryl methyl sites for hydroxylation is 1. The van der Waals surface area contributed by atoms with Crippen LogP contribution in [0.5, 0.6) is 0 Å². The standard InChI is InChI=1S/C17H17N5O4S/c1-20(2)15-5-4-13(22(24)25)6-14(15)17(23)26-9-12-10-27-16(19-12)11-7-18-21(3)8-11/h4-8,10H,9H2,1-3H3.